The van der Waals surface area contributed by atoms with Gasteiger partial charge in [-0.25, -0.2) is 0 Å². The summed E-state index contributed by atoms with van der Waals surface area (Å²) < 4.78 is 11.0. The number of nitrogens with zero attached hydrogens (tertiary/aromatic N) is 1. The predicted octanol–water partition coefficient (Wildman–Crippen LogP) is 1.38. The number of fused-ring (bicyclic) bond motifs is 1. The zero-order chi connectivity index (χ0) is 11.5. The summed E-state index contributed by atoms with van der Waals surface area (Å²) in [4.78, 5) is 11.0. The fraction of sp³-hybridized carbons (Fsp3) is 0.667. The van der Waals surface area contributed by atoms with E-state index < -0.39 is 5.41 Å². The lowest BCUT2D eigenvalue weighted by Gasteiger charge is -2.28. The van der Waals surface area contributed by atoms with Gasteiger partial charge in [-0.05, 0) is 12.8 Å². The van der Waals surface area contributed by atoms with Crippen molar-refractivity contribution in [3.05, 3.63) is 12.3 Å². The van der Waals surface area contributed by atoms with Crippen molar-refractivity contribution < 1.29 is 14.3 Å². The Kier molecular flexibility index (Phi) is 1.69. The van der Waals surface area contributed by atoms with Gasteiger partial charge in [-0.2, -0.15) is 5.26 Å². The molecule has 1 heterocycles. The van der Waals surface area contributed by atoms with Gasteiger partial charge in [0.05, 0.1) is 6.07 Å². The summed E-state index contributed by atoms with van der Waals surface area (Å²) >= 11 is 0. The molecular weight excluding hydrogens is 206 g/mol. The first-order valence-corrected chi connectivity index (χ1v) is 5.53. The molecule has 4 nitrogen and oxygen atoms in total. The average molecular weight is 219 g/mol. The topological polar surface area (TPSA) is 59.3 Å². The second-order valence-electron chi connectivity index (χ2n) is 4.97. The average Bonchev–Trinajstić information content (AvgIpc) is 2.79. The van der Waals surface area contributed by atoms with E-state index in [2.05, 4.69) is 12.6 Å². The minimum atomic E-state index is -0.508. The molecule has 3 fully saturated rings. The molecule has 0 aromatic rings. The summed E-state index contributed by atoms with van der Waals surface area (Å²) in [7, 11) is 0. The van der Waals surface area contributed by atoms with E-state index in [-0.39, 0.29) is 30.0 Å². The molecule has 0 aromatic carbocycles. The standard InChI is InChI=1S/C12H13NO3/c1-6-12(5-13)4-8-3-9(12)11(15-6)10(8)16-7(2)14/h8-11H,1,3-4H2,2H3. The highest BCUT2D eigenvalue weighted by Gasteiger charge is 2.69. The van der Waals surface area contributed by atoms with Crippen molar-refractivity contribution in [2.75, 3.05) is 0 Å². The first-order chi connectivity index (χ1) is 7.58. The lowest BCUT2D eigenvalue weighted by Crippen LogP contribution is -2.38. The first-order valence-electron chi connectivity index (χ1n) is 5.53. The van der Waals surface area contributed by atoms with Gasteiger partial charge < -0.3 is 9.47 Å². The second-order valence-corrected chi connectivity index (χ2v) is 4.97. The Balaban J connectivity index is 1.93. The van der Waals surface area contributed by atoms with Crippen LogP contribution in [0.2, 0.25) is 0 Å². The van der Waals surface area contributed by atoms with Gasteiger partial charge in [0.25, 0.3) is 0 Å². The van der Waals surface area contributed by atoms with Gasteiger partial charge >= 0.3 is 5.97 Å². The molecule has 0 N–H and O–H groups in total. The van der Waals surface area contributed by atoms with Crippen LogP contribution in [0.15, 0.2) is 12.3 Å². The summed E-state index contributed by atoms with van der Waals surface area (Å²) in [6.45, 7) is 5.26. The van der Waals surface area contributed by atoms with Crippen LogP contribution in [0.25, 0.3) is 0 Å². The summed E-state index contributed by atoms with van der Waals surface area (Å²) in [5, 5.41) is 9.31. The molecule has 3 rings (SSSR count). The normalized spacial score (nSPS) is 47.6. The van der Waals surface area contributed by atoms with Crippen molar-refractivity contribution >= 4 is 5.97 Å². The highest BCUT2D eigenvalue weighted by molar-refractivity contribution is 5.66. The molecule has 1 aliphatic heterocycles. The lowest BCUT2D eigenvalue weighted by atomic mass is 9.73. The first kappa shape index (κ1) is 9.71. The van der Waals surface area contributed by atoms with Crippen LogP contribution in [-0.2, 0) is 14.3 Å². The lowest BCUT2D eigenvalue weighted by molar-refractivity contribution is -0.154. The smallest absolute Gasteiger partial charge is 0.303 e. The highest BCUT2D eigenvalue weighted by Crippen LogP contribution is 2.65. The molecule has 0 spiro atoms. The van der Waals surface area contributed by atoms with E-state index in [4.69, 9.17) is 9.47 Å². The minimum Gasteiger partial charge on any atom is -0.489 e. The number of hydrogen-bond donors (Lipinski definition) is 0. The highest BCUT2D eigenvalue weighted by atomic mass is 16.6. The van der Waals surface area contributed by atoms with Gasteiger partial charge in [0.15, 0.2) is 0 Å². The van der Waals surface area contributed by atoms with Crippen LogP contribution in [-0.4, -0.2) is 18.2 Å². The Morgan fingerprint density at radius 3 is 3.12 bits per heavy atom. The molecule has 5 unspecified atom stereocenters. The Morgan fingerprint density at radius 1 is 1.75 bits per heavy atom. The molecule has 1 saturated heterocycles. The molecular formula is C12H13NO3. The number of carbonyl (C=O) groups excluding carboxylic acids is 1. The molecule has 0 radical (unpaired) electrons. The second kappa shape index (κ2) is 2.79. The summed E-state index contributed by atoms with van der Waals surface area (Å²) in [5.74, 6) is 0.723. The van der Waals surface area contributed by atoms with Crippen molar-refractivity contribution in [1.82, 2.24) is 0 Å². The minimum absolute atomic E-state index is 0.144. The predicted molar refractivity (Wildman–Crippen MR) is 53.8 cm³/mol. The number of ether oxygens (including phenoxy) is 2. The third kappa shape index (κ3) is 0.915. The number of carbonyl (C=O) groups is 1. The summed E-state index contributed by atoms with van der Waals surface area (Å²) in [6, 6.07) is 2.36. The maximum absolute atomic E-state index is 11.0. The van der Waals surface area contributed by atoms with Crippen LogP contribution < -0.4 is 0 Å². The SMILES string of the molecule is C=C1OC2C(OC(C)=O)C3CC2C1(C#N)C3. The molecule has 84 valence electrons. The molecule has 0 aromatic heterocycles. The van der Waals surface area contributed by atoms with E-state index in [0.29, 0.717) is 5.76 Å². The maximum Gasteiger partial charge on any atom is 0.303 e. The van der Waals surface area contributed by atoms with E-state index in [1.165, 1.54) is 6.92 Å². The molecule has 4 heteroatoms. The van der Waals surface area contributed by atoms with Crippen molar-refractivity contribution in [1.29, 1.82) is 5.26 Å². The molecule has 2 aliphatic carbocycles. The van der Waals surface area contributed by atoms with Crippen molar-refractivity contribution in [2.24, 2.45) is 17.3 Å². The van der Waals surface area contributed by atoms with E-state index >= 15 is 0 Å². The molecule has 16 heavy (non-hydrogen) atoms. The monoisotopic (exact) mass is 219 g/mol. The zero-order valence-electron chi connectivity index (χ0n) is 9.10. The van der Waals surface area contributed by atoms with E-state index in [0.717, 1.165) is 12.8 Å². The summed E-state index contributed by atoms with van der Waals surface area (Å²) in [6.07, 6.45) is 1.31. The fourth-order valence-corrected chi connectivity index (χ4v) is 3.62. The van der Waals surface area contributed by atoms with Crippen LogP contribution in [0.1, 0.15) is 19.8 Å². The Hall–Kier alpha value is -1.50. The van der Waals surface area contributed by atoms with Crippen LogP contribution in [0.4, 0.5) is 0 Å². The largest absolute Gasteiger partial charge is 0.489 e. The van der Waals surface area contributed by atoms with Gasteiger partial charge in [-0.3, -0.25) is 4.79 Å². The Morgan fingerprint density at radius 2 is 2.50 bits per heavy atom. The van der Waals surface area contributed by atoms with Crippen molar-refractivity contribution in [3.63, 3.8) is 0 Å². The molecule has 2 bridgehead atoms. The Labute approximate surface area is 93.8 Å². The quantitative estimate of drug-likeness (QED) is 0.625. The fourth-order valence-electron chi connectivity index (χ4n) is 3.62. The van der Waals surface area contributed by atoms with Gasteiger partial charge in [0.2, 0.25) is 0 Å². The van der Waals surface area contributed by atoms with Crippen LogP contribution >= 0.6 is 0 Å². The van der Waals surface area contributed by atoms with Gasteiger partial charge in [-0.1, -0.05) is 6.58 Å². The van der Waals surface area contributed by atoms with E-state index in [1.807, 2.05) is 0 Å². The van der Waals surface area contributed by atoms with Gasteiger partial charge in [0, 0.05) is 18.8 Å². The number of rotatable bonds is 1. The molecule has 0 amide bonds. The van der Waals surface area contributed by atoms with Crippen molar-refractivity contribution in [2.45, 2.75) is 32.0 Å². The van der Waals surface area contributed by atoms with Crippen LogP contribution in [0.3, 0.4) is 0 Å². The van der Waals surface area contributed by atoms with Crippen molar-refractivity contribution in [3.8, 4) is 6.07 Å². The molecule has 5 atom stereocenters. The van der Waals surface area contributed by atoms with Gasteiger partial charge in [0.1, 0.15) is 23.4 Å². The number of allylic oxidation sites excluding steroid dienone is 1. The number of hydrogen-bond acceptors (Lipinski definition) is 4. The summed E-state index contributed by atoms with van der Waals surface area (Å²) in [5.41, 5.74) is -0.508. The number of nitriles is 1. The maximum atomic E-state index is 11.0. The third-order valence-electron chi connectivity index (χ3n) is 4.24. The Bertz CT molecular complexity index is 424. The third-order valence-corrected chi connectivity index (χ3v) is 4.24. The van der Waals surface area contributed by atoms with E-state index in [9.17, 15) is 10.1 Å². The van der Waals surface area contributed by atoms with Crippen LogP contribution in [0.5, 0.6) is 0 Å². The molecule has 3 aliphatic rings. The number of esters is 1. The zero-order valence-corrected chi connectivity index (χ0v) is 9.10. The van der Waals surface area contributed by atoms with Crippen LogP contribution in [0, 0.1) is 28.6 Å². The van der Waals surface area contributed by atoms with E-state index in [1.54, 1.807) is 0 Å². The molecule has 2 saturated carbocycles. The van der Waals surface area contributed by atoms with Gasteiger partial charge in [-0.15, -0.1) is 0 Å².